The van der Waals surface area contributed by atoms with Crippen molar-refractivity contribution in [3.63, 3.8) is 0 Å². The van der Waals surface area contributed by atoms with Crippen LogP contribution < -0.4 is 5.32 Å². The highest BCUT2D eigenvalue weighted by atomic mass is 16.3. The Morgan fingerprint density at radius 2 is 1.52 bits per heavy atom. The van der Waals surface area contributed by atoms with Crippen LogP contribution in [0.4, 0.5) is 0 Å². The Morgan fingerprint density at radius 3 is 2.42 bits per heavy atom. The first-order valence-electron chi connectivity index (χ1n) is 17.1. The molecule has 2 atom stereocenters. The van der Waals surface area contributed by atoms with Gasteiger partial charge < -0.3 is 14.3 Å². The number of nitrogens with zero attached hydrogens (tertiary/aromatic N) is 1. The summed E-state index contributed by atoms with van der Waals surface area (Å²) in [6.45, 7) is 4.73. The molecule has 0 saturated heterocycles. The maximum Gasteiger partial charge on any atom is 0.136 e. The Morgan fingerprint density at radius 1 is 0.729 bits per heavy atom. The molecule has 2 aromatic heterocycles. The smallest absolute Gasteiger partial charge is 0.136 e. The number of furan rings is 1. The third kappa shape index (κ3) is 4.04. The maximum absolute atomic E-state index is 6.35. The predicted octanol–water partition coefficient (Wildman–Crippen LogP) is 11.3. The Balaban J connectivity index is 1.17. The first-order chi connectivity index (χ1) is 23.5. The second kappa shape index (κ2) is 10.3. The molecule has 3 nitrogen and oxygen atoms in total. The fourth-order valence-corrected chi connectivity index (χ4v) is 8.67. The van der Waals surface area contributed by atoms with E-state index in [1.165, 1.54) is 72.0 Å². The Kier molecular flexibility index (Phi) is 5.95. The van der Waals surface area contributed by atoms with Crippen LogP contribution in [0.15, 0.2) is 138 Å². The number of para-hydroxylation sites is 2. The third-order valence-corrected chi connectivity index (χ3v) is 11.0. The van der Waals surface area contributed by atoms with Gasteiger partial charge in [0.05, 0.1) is 11.6 Å². The Bertz CT molecular complexity index is 2530. The number of nitrogens with one attached hydrogen (secondary N) is 1. The van der Waals surface area contributed by atoms with E-state index in [1.807, 2.05) is 6.07 Å². The van der Waals surface area contributed by atoms with Gasteiger partial charge in [0.2, 0.25) is 0 Å². The van der Waals surface area contributed by atoms with Crippen molar-refractivity contribution >= 4 is 44.5 Å². The van der Waals surface area contributed by atoms with Gasteiger partial charge in [-0.2, -0.15) is 0 Å². The molecule has 2 heterocycles. The molecule has 3 heteroatoms. The minimum absolute atomic E-state index is 0.0653. The molecule has 5 aromatic carbocycles. The van der Waals surface area contributed by atoms with Crippen LogP contribution >= 0.6 is 0 Å². The zero-order valence-corrected chi connectivity index (χ0v) is 27.2. The SMILES string of the molecule is CC1(C)c2ccccc2-c2ccc(-n3c4c(c5ccccc53)C=C(c3ccc5c(c3)oc3ccccc35)CC4NC3C=CC=CC3)cc21. The lowest BCUT2D eigenvalue weighted by Crippen LogP contribution is -2.34. The van der Waals surface area contributed by atoms with Gasteiger partial charge in [-0.25, -0.2) is 0 Å². The number of hydrogen-bond donors (Lipinski definition) is 1. The molecule has 2 unspecified atom stereocenters. The van der Waals surface area contributed by atoms with E-state index in [-0.39, 0.29) is 17.5 Å². The third-order valence-electron chi connectivity index (χ3n) is 11.0. The molecule has 232 valence electrons. The van der Waals surface area contributed by atoms with Gasteiger partial charge in [0.15, 0.2) is 0 Å². The van der Waals surface area contributed by atoms with Crippen LogP contribution in [0.3, 0.4) is 0 Å². The maximum atomic E-state index is 6.35. The lowest BCUT2D eigenvalue weighted by molar-refractivity contribution is 0.475. The highest BCUT2D eigenvalue weighted by Crippen LogP contribution is 2.50. The van der Waals surface area contributed by atoms with E-state index in [4.69, 9.17) is 4.42 Å². The van der Waals surface area contributed by atoms with Gasteiger partial charge in [0.25, 0.3) is 0 Å². The molecular formula is C45H36N2O. The quantitative estimate of drug-likeness (QED) is 0.212. The van der Waals surface area contributed by atoms with Crippen LogP contribution in [0.1, 0.15) is 60.7 Å². The summed E-state index contributed by atoms with van der Waals surface area (Å²) in [5.41, 5.74) is 14.9. The summed E-state index contributed by atoms with van der Waals surface area (Å²) >= 11 is 0. The van der Waals surface area contributed by atoms with E-state index >= 15 is 0 Å². The van der Waals surface area contributed by atoms with Crippen molar-refractivity contribution in [1.82, 2.24) is 9.88 Å². The van der Waals surface area contributed by atoms with Gasteiger partial charge >= 0.3 is 0 Å². The molecule has 0 spiro atoms. The number of hydrogen-bond acceptors (Lipinski definition) is 2. The fraction of sp³-hybridized carbons (Fsp3) is 0.156. The van der Waals surface area contributed by atoms with Crippen LogP contribution in [0.2, 0.25) is 0 Å². The van der Waals surface area contributed by atoms with E-state index < -0.39 is 0 Å². The summed E-state index contributed by atoms with van der Waals surface area (Å²) in [6.07, 6.45) is 13.2. The normalized spacial score (nSPS) is 19.1. The molecule has 3 aliphatic carbocycles. The van der Waals surface area contributed by atoms with Crippen LogP contribution in [-0.4, -0.2) is 10.6 Å². The van der Waals surface area contributed by atoms with Crippen molar-refractivity contribution < 1.29 is 4.42 Å². The molecule has 0 bridgehead atoms. The summed E-state index contributed by atoms with van der Waals surface area (Å²) in [6, 6.07) is 40.4. The number of fused-ring (bicyclic) bond motifs is 9. The highest BCUT2D eigenvalue weighted by Gasteiger charge is 2.36. The molecule has 10 rings (SSSR count). The molecular weight excluding hydrogens is 585 g/mol. The summed E-state index contributed by atoms with van der Waals surface area (Å²) < 4.78 is 8.89. The van der Waals surface area contributed by atoms with Crippen molar-refractivity contribution in [2.24, 2.45) is 0 Å². The molecule has 1 N–H and O–H groups in total. The zero-order chi connectivity index (χ0) is 32.0. The van der Waals surface area contributed by atoms with Gasteiger partial charge in [-0.1, -0.05) is 111 Å². The molecule has 7 aromatic rings. The number of benzene rings is 5. The van der Waals surface area contributed by atoms with Gasteiger partial charge in [0.1, 0.15) is 11.2 Å². The standard InChI is InChI=1S/C45H36N2O/c1-45(2)38-17-9-6-14-32(38)33-23-21-31(27-39(33)45)47-41-18-10-7-15-34(41)37-24-29(25-40(44(37)47)46-30-12-4-3-5-13-30)28-20-22-36-35-16-8-11-19-42(35)48-43(36)26-28/h3-12,14-24,26-27,30,40,46H,13,25H2,1-2H3. The number of rotatable bonds is 4. The topological polar surface area (TPSA) is 30.1 Å². The molecule has 0 aliphatic heterocycles. The number of aromatic nitrogens is 1. The summed E-state index contributed by atoms with van der Waals surface area (Å²) in [4.78, 5) is 0. The molecule has 48 heavy (non-hydrogen) atoms. The van der Waals surface area contributed by atoms with Crippen molar-refractivity contribution in [3.8, 4) is 16.8 Å². The van der Waals surface area contributed by atoms with Crippen molar-refractivity contribution in [3.05, 3.63) is 161 Å². The van der Waals surface area contributed by atoms with Crippen LogP contribution in [0.25, 0.3) is 61.3 Å². The average Bonchev–Trinajstić information content (AvgIpc) is 3.74. The molecule has 0 saturated carbocycles. The van der Waals surface area contributed by atoms with E-state index in [0.29, 0.717) is 0 Å². The fourth-order valence-electron chi connectivity index (χ4n) is 8.67. The lowest BCUT2D eigenvalue weighted by Gasteiger charge is -2.31. The van der Waals surface area contributed by atoms with Crippen molar-refractivity contribution in [2.75, 3.05) is 0 Å². The van der Waals surface area contributed by atoms with Crippen LogP contribution in [0, 0.1) is 0 Å². The minimum Gasteiger partial charge on any atom is -0.456 e. The first kappa shape index (κ1) is 27.7. The van der Waals surface area contributed by atoms with Crippen molar-refractivity contribution in [2.45, 2.75) is 44.2 Å². The van der Waals surface area contributed by atoms with Gasteiger partial charge in [-0.3, -0.25) is 0 Å². The Labute approximate surface area is 280 Å². The zero-order valence-electron chi connectivity index (χ0n) is 27.2. The second-order valence-corrected chi connectivity index (χ2v) is 14.1. The summed E-state index contributed by atoms with van der Waals surface area (Å²) in [5.74, 6) is 0. The average molecular weight is 621 g/mol. The van der Waals surface area contributed by atoms with E-state index in [1.54, 1.807) is 0 Å². The summed E-state index contributed by atoms with van der Waals surface area (Å²) in [5, 5.41) is 7.72. The molecule has 0 fully saturated rings. The van der Waals surface area contributed by atoms with Crippen molar-refractivity contribution in [1.29, 1.82) is 0 Å². The monoisotopic (exact) mass is 620 g/mol. The lowest BCUT2D eigenvalue weighted by atomic mass is 9.82. The first-order valence-corrected chi connectivity index (χ1v) is 17.1. The largest absolute Gasteiger partial charge is 0.456 e. The molecule has 3 aliphatic rings. The van der Waals surface area contributed by atoms with E-state index in [2.05, 4.69) is 157 Å². The van der Waals surface area contributed by atoms with Gasteiger partial charge in [0, 0.05) is 44.6 Å². The number of allylic oxidation sites excluding steroid dienone is 2. The van der Waals surface area contributed by atoms with Gasteiger partial charge in [-0.15, -0.1) is 0 Å². The van der Waals surface area contributed by atoms with E-state index in [9.17, 15) is 0 Å². The van der Waals surface area contributed by atoms with Gasteiger partial charge in [-0.05, 0) is 88.7 Å². The molecule has 0 radical (unpaired) electrons. The predicted molar refractivity (Wildman–Crippen MR) is 200 cm³/mol. The highest BCUT2D eigenvalue weighted by molar-refractivity contribution is 6.06. The second-order valence-electron chi connectivity index (χ2n) is 14.1. The minimum atomic E-state index is -0.0653. The molecule has 0 amide bonds. The van der Waals surface area contributed by atoms with Crippen LogP contribution in [0.5, 0.6) is 0 Å². The van der Waals surface area contributed by atoms with Crippen LogP contribution in [-0.2, 0) is 5.41 Å². The summed E-state index contributed by atoms with van der Waals surface area (Å²) in [7, 11) is 0. The Hall–Kier alpha value is -5.38. The van der Waals surface area contributed by atoms with E-state index in [0.717, 1.165) is 24.0 Å².